The Morgan fingerprint density at radius 3 is 2.77 bits per heavy atom. The summed E-state index contributed by atoms with van der Waals surface area (Å²) in [6.45, 7) is 0.659. The number of nitro groups is 1. The summed E-state index contributed by atoms with van der Waals surface area (Å²) in [5.41, 5.74) is -0.502. The molecule has 10 heteroatoms. The third kappa shape index (κ3) is 3.73. The van der Waals surface area contributed by atoms with Crippen LogP contribution in [0.4, 0.5) is 5.69 Å². The predicted octanol–water partition coefficient (Wildman–Crippen LogP) is 1.01. The first-order valence-corrected chi connectivity index (χ1v) is 8.50. The number of carbonyl (C=O) groups excluding carboxylic acids is 1. The van der Waals surface area contributed by atoms with E-state index in [1.54, 1.807) is 0 Å². The first kappa shape index (κ1) is 16.7. The monoisotopic (exact) mass is 347 g/mol. The van der Waals surface area contributed by atoms with Gasteiger partial charge in [0.1, 0.15) is 5.56 Å². The van der Waals surface area contributed by atoms with Crippen LogP contribution < -0.4 is 5.32 Å². The highest BCUT2D eigenvalue weighted by Crippen LogP contribution is 2.23. The van der Waals surface area contributed by atoms with E-state index in [1.165, 1.54) is 16.4 Å². The van der Waals surface area contributed by atoms with Gasteiger partial charge in [-0.3, -0.25) is 14.9 Å². The fourth-order valence-electron chi connectivity index (χ4n) is 2.18. The van der Waals surface area contributed by atoms with E-state index >= 15 is 0 Å². The van der Waals surface area contributed by atoms with Crippen LogP contribution in [-0.4, -0.2) is 48.9 Å². The molecule has 1 saturated heterocycles. The topological polar surface area (TPSA) is 110 Å². The van der Waals surface area contributed by atoms with E-state index in [-0.39, 0.29) is 29.4 Å². The lowest BCUT2D eigenvalue weighted by molar-refractivity contribution is -0.385. The largest absolute Gasteiger partial charge is 0.350 e. The number of amides is 1. The standard InChI is InChI=1S/C12H14ClN3O5S/c13-9-2-3-10(11(8-9)16(18)19)12(17)14-4-6-15-5-1-7-22(15,20)21/h2-3,8H,1,4-7H2,(H,14,17). The van der Waals surface area contributed by atoms with Crippen molar-refractivity contribution in [2.45, 2.75) is 6.42 Å². The van der Waals surface area contributed by atoms with Gasteiger partial charge in [0.05, 0.1) is 10.7 Å². The molecule has 0 aromatic heterocycles. The van der Waals surface area contributed by atoms with E-state index in [0.29, 0.717) is 13.0 Å². The van der Waals surface area contributed by atoms with Crippen LogP contribution in [0.1, 0.15) is 16.8 Å². The van der Waals surface area contributed by atoms with E-state index in [2.05, 4.69) is 5.32 Å². The van der Waals surface area contributed by atoms with Crippen LogP contribution in [0.2, 0.25) is 5.02 Å². The Labute approximate surface area is 132 Å². The average Bonchev–Trinajstić information content (AvgIpc) is 2.77. The van der Waals surface area contributed by atoms with Crippen molar-refractivity contribution in [3.05, 3.63) is 38.9 Å². The zero-order valence-electron chi connectivity index (χ0n) is 11.5. The SMILES string of the molecule is O=C(NCCN1CCCS1(=O)=O)c1ccc(Cl)cc1[N+](=O)[O-]. The number of sulfonamides is 1. The highest BCUT2D eigenvalue weighted by atomic mass is 35.5. The molecule has 0 aliphatic carbocycles. The van der Waals surface area contributed by atoms with Gasteiger partial charge in [0.25, 0.3) is 11.6 Å². The van der Waals surface area contributed by atoms with Crippen molar-refractivity contribution in [1.29, 1.82) is 0 Å². The normalized spacial score (nSPS) is 17.3. The molecule has 1 N–H and O–H groups in total. The number of hydrogen-bond donors (Lipinski definition) is 1. The van der Waals surface area contributed by atoms with Gasteiger partial charge in [0.2, 0.25) is 10.0 Å². The van der Waals surface area contributed by atoms with Gasteiger partial charge in [-0.15, -0.1) is 0 Å². The summed E-state index contributed by atoms with van der Waals surface area (Å²) in [6, 6.07) is 3.75. The van der Waals surface area contributed by atoms with Crippen LogP contribution in [0.25, 0.3) is 0 Å². The number of rotatable bonds is 5. The van der Waals surface area contributed by atoms with Gasteiger partial charge >= 0.3 is 0 Å². The lowest BCUT2D eigenvalue weighted by Crippen LogP contribution is -2.36. The second-order valence-electron chi connectivity index (χ2n) is 4.74. The van der Waals surface area contributed by atoms with E-state index in [4.69, 9.17) is 11.6 Å². The Morgan fingerprint density at radius 2 is 2.18 bits per heavy atom. The summed E-state index contributed by atoms with van der Waals surface area (Å²) in [5.74, 6) is -0.524. The summed E-state index contributed by atoms with van der Waals surface area (Å²) < 4.78 is 24.5. The molecular formula is C12H14ClN3O5S. The molecule has 120 valence electrons. The quantitative estimate of drug-likeness (QED) is 0.631. The molecule has 0 radical (unpaired) electrons. The first-order valence-electron chi connectivity index (χ1n) is 6.51. The maximum absolute atomic E-state index is 12.0. The highest BCUT2D eigenvalue weighted by Gasteiger charge is 2.28. The molecule has 0 unspecified atom stereocenters. The van der Waals surface area contributed by atoms with E-state index in [0.717, 1.165) is 6.07 Å². The Bertz CT molecular complexity index is 707. The minimum atomic E-state index is -3.22. The third-order valence-electron chi connectivity index (χ3n) is 3.25. The molecule has 1 aromatic rings. The van der Waals surface area contributed by atoms with Gasteiger partial charge < -0.3 is 5.32 Å². The lowest BCUT2D eigenvalue weighted by Gasteiger charge is -2.14. The summed E-state index contributed by atoms with van der Waals surface area (Å²) in [6.07, 6.45) is 0.568. The van der Waals surface area contributed by atoms with Crippen LogP contribution >= 0.6 is 11.6 Å². The second kappa shape index (κ2) is 6.59. The van der Waals surface area contributed by atoms with Gasteiger partial charge in [-0.2, -0.15) is 0 Å². The predicted molar refractivity (Wildman–Crippen MR) is 80.4 cm³/mol. The second-order valence-corrected chi connectivity index (χ2v) is 7.27. The Kier molecular flexibility index (Phi) is 4.99. The number of hydrogen-bond acceptors (Lipinski definition) is 5. The van der Waals surface area contributed by atoms with Crippen LogP contribution in [-0.2, 0) is 10.0 Å². The van der Waals surface area contributed by atoms with Crippen LogP contribution in [0.3, 0.4) is 0 Å². The van der Waals surface area contributed by atoms with Crippen LogP contribution in [0.5, 0.6) is 0 Å². The molecule has 0 spiro atoms. The molecule has 2 rings (SSSR count). The van der Waals surface area contributed by atoms with Crippen molar-refractivity contribution >= 4 is 33.2 Å². The minimum Gasteiger partial charge on any atom is -0.350 e. The summed E-state index contributed by atoms with van der Waals surface area (Å²) in [4.78, 5) is 22.2. The molecule has 0 atom stereocenters. The summed E-state index contributed by atoms with van der Waals surface area (Å²) in [5, 5.41) is 13.6. The Hall–Kier alpha value is -1.71. The highest BCUT2D eigenvalue weighted by molar-refractivity contribution is 7.89. The van der Waals surface area contributed by atoms with Gasteiger partial charge in [-0.25, -0.2) is 12.7 Å². The summed E-state index contributed by atoms with van der Waals surface area (Å²) >= 11 is 5.68. The van der Waals surface area contributed by atoms with E-state index in [1.807, 2.05) is 0 Å². The third-order valence-corrected chi connectivity index (χ3v) is 5.44. The van der Waals surface area contributed by atoms with Crippen LogP contribution in [0, 0.1) is 10.1 Å². The number of nitrogens with one attached hydrogen (secondary N) is 1. The van der Waals surface area contributed by atoms with E-state index in [9.17, 15) is 23.3 Å². The number of nitro benzene ring substituents is 1. The smallest absolute Gasteiger partial charge is 0.283 e. The number of nitrogens with zero attached hydrogens (tertiary/aromatic N) is 2. The molecule has 0 saturated carbocycles. The van der Waals surface area contributed by atoms with Crippen molar-refractivity contribution in [2.24, 2.45) is 0 Å². The molecule has 1 amide bonds. The zero-order valence-corrected chi connectivity index (χ0v) is 13.1. The lowest BCUT2D eigenvalue weighted by atomic mass is 10.1. The number of carbonyl (C=O) groups is 1. The van der Waals surface area contributed by atoms with Crippen molar-refractivity contribution in [2.75, 3.05) is 25.4 Å². The molecule has 1 fully saturated rings. The molecule has 1 aromatic carbocycles. The molecular weight excluding hydrogens is 334 g/mol. The van der Waals surface area contributed by atoms with Crippen molar-refractivity contribution in [3.63, 3.8) is 0 Å². The van der Waals surface area contributed by atoms with Gasteiger partial charge in [0, 0.05) is 30.7 Å². The fourth-order valence-corrected chi connectivity index (χ4v) is 3.87. The molecule has 8 nitrogen and oxygen atoms in total. The van der Waals surface area contributed by atoms with Crippen molar-refractivity contribution < 1.29 is 18.1 Å². The fraction of sp³-hybridized carbons (Fsp3) is 0.417. The van der Waals surface area contributed by atoms with Crippen molar-refractivity contribution in [3.8, 4) is 0 Å². The summed E-state index contributed by atoms with van der Waals surface area (Å²) in [7, 11) is -3.22. The molecule has 1 aliphatic rings. The zero-order chi connectivity index (χ0) is 16.3. The van der Waals surface area contributed by atoms with Crippen molar-refractivity contribution in [1.82, 2.24) is 9.62 Å². The number of halogens is 1. The maximum atomic E-state index is 12.0. The average molecular weight is 348 g/mol. The first-order chi connectivity index (χ1) is 10.3. The molecule has 22 heavy (non-hydrogen) atoms. The van der Waals surface area contributed by atoms with Crippen LogP contribution in [0.15, 0.2) is 18.2 Å². The van der Waals surface area contributed by atoms with Gasteiger partial charge in [-0.1, -0.05) is 11.6 Å². The molecule has 0 bridgehead atoms. The Balaban J connectivity index is 2.00. The van der Waals surface area contributed by atoms with E-state index < -0.39 is 26.5 Å². The number of benzene rings is 1. The maximum Gasteiger partial charge on any atom is 0.283 e. The van der Waals surface area contributed by atoms with Gasteiger partial charge in [0.15, 0.2) is 0 Å². The molecule has 1 aliphatic heterocycles. The molecule has 1 heterocycles. The minimum absolute atomic E-state index is 0.0812. The van der Waals surface area contributed by atoms with Gasteiger partial charge in [-0.05, 0) is 18.6 Å². The Morgan fingerprint density at radius 1 is 1.45 bits per heavy atom.